The monoisotopic (exact) mass is 377 g/mol. The third-order valence-electron chi connectivity index (χ3n) is 3.59. The Hall–Kier alpha value is -2.91. The van der Waals surface area contributed by atoms with Gasteiger partial charge in [-0.25, -0.2) is 23.1 Å². The first-order chi connectivity index (χ1) is 12.3. The molecule has 2 aromatic rings. The van der Waals surface area contributed by atoms with E-state index in [1.807, 2.05) is 6.07 Å². The van der Waals surface area contributed by atoms with Crippen LogP contribution in [-0.4, -0.2) is 31.6 Å². The number of nitrogens with one attached hydrogen (secondary N) is 2. The van der Waals surface area contributed by atoms with E-state index < -0.39 is 28.1 Å². The lowest BCUT2D eigenvalue weighted by Crippen LogP contribution is -2.46. The van der Waals surface area contributed by atoms with Gasteiger partial charge >= 0.3 is 12.0 Å². The maximum Gasteiger partial charge on any atom is 0.326 e. The van der Waals surface area contributed by atoms with Crippen molar-refractivity contribution in [1.82, 2.24) is 10.6 Å². The number of amides is 2. The standard InChI is InChI=1S/C17H19N3O5S/c18-26(24,25)14-8-6-13(7-9-14)11-19-17(23)20-15(16(21)22)10-12-4-2-1-3-5-12/h1-9,15H,10-11H2,(H,21,22)(H2,18,24,25)(H2,19,20,23)/t15-/m0/s1. The number of sulfonamides is 1. The van der Waals surface area contributed by atoms with Crippen LogP contribution >= 0.6 is 0 Å². The predicted molar refractivity (Wildman–Crippen MR) is 94.8 cm³/mol. The summed E-state index contributed by atoms with van der Waals surface area (Å²) < 4.78 is 22.4. The lowest BCUT2D eigenvalue weighted by atomic mass is 10.1. The van der Waals surface area contributed by atoms with E-state index in [2.05, 4.69) is 10.6 Å². The number of urea groups is 1. The van der Waals surface area contributed by atoms with E-state index in [1.54, 1.807) is 24.3 Å². The number of carbonyl (C=O) groups excluding carboxylic acids is 1. The van der Waals surface area contributed by atoms with Crippen LogP contribution in [0.2, 0.25) is 0 Å². The molecular weight excluding hydrogens is 358 g/mol. The number of carboxylic acids is 1. The molecule has 0 radical (unpaired) electrons. The van der Waals surface area contributed by atoms with Crippen LogP contribution in [0.5, 0.6) is 0 Å². The molecule has 0 unspecified atom stereocenters. The van der Waals surface area contributed by atoms with Crippen LogP contribution in [0, 0.1) is 0 Å². The fourth-order valence-corrected chi connectivity index (χ4v) is 2.75. The highest BCUT2D eigenvalue weighted by Crippen LogP contribution is 2.08. The van der Waals surface area contributed by atoms with Crippen LogP contribution in [-0.2, 0) is 27.8 Å². The van der Waals surface area contributed by atoms with Gasteiger partial charge < -0.3 is 15.7 Å². The third-order valence-corrected chi connectivity index (χ3v) is 4.52. The van der Waals surface area contributed by atoms with Crippen molar-refractivity contribution in [1.29, 1.82) is 0 Å². The minimum atomic E-state index is -3.77. The highest BCUT2D eigenvalue weighted by molar-refractivity contribution is 7.89. The molecule has 2 rings (SSSR count). The summed E-state index contributed by atoms with van der Waals surface area (Å²) in [4.78, 5) is 23.3. The van der Waals surface area contributed by atoms with Gasteiger partial charge in [-0.2, -0.15) is 0 Å². The molecule has 9 heteroatoms. The van der Waals surface area contributed by atoms with Gasteiger partial charge in [-0.05, 0) is 23.3 Å². The number of aliphatic carboxylic acids is 1. The molecule has 0 saturated heterocycles. The normalized spacial score (nSPS) is 12.2. The van der Waals surface area contributed by atoms with Gasteiger partial charge in [0.25, 0.3) is 0 Å². The van der Waals surface area contributed by atoms with Crippen LogP contribution in [0.15, 0.2) is 59.5 Å². The van der Waals surface area contributed by atoms with Gasteiger partial charge in [0.1, 0.15) is 6.04 Å². The van der Waals surface area contributed by atoms with Gasteiger partial charge in [-0.1, -0.05) is 42.5 Å². The summed E-state index contributed by atoms with van der Waals surface area (Å²) in [5.74, 6) is -1.14. The zero-order valence-corrected chi connectivity index (χ0v) is 14.6. The number of benzene rings is 2. The van der Waals surface area contributed by atoms with Crippen molar-refractivity contribution in [3.8, 4) is 0 Å². The topological polar surface area (TPSA) is 139 Å². The highest BCUT2D eigenvalue weighted by Gasteiger charge is 2.20. The largest absolute Gasteiger partial charge is 0.480 e. The molecule has 138 valence electrons. The minimum absolute atomic E-state index is 0.0282. The number of hydrogen-bond donors (Lipinski definition) is 4. The Bertz CT molecular complexity index is 867. The zero-order valence-electron chi connectivity index (χ0n) is 13.8. The number of hydrogen-bond acceptors (Lipinski definition) is 4. The molecule has 0 aliphatic rings. The molecule has 0 bridgehead atoms. The molecule has 0 spiro atoms. The number of carboxylic acid groups (broad SMARTS) is 1. The zero-order chi connectivity index (χ0) is 19.2. The van der Waals surface area contributed by atoms with Crippen molar-refractivity contribution >= 4 is 22.0 Å². The fourth-order valence-electron chi connectivity index (χ4n) is 2.24. The van der Waals surface area contributed by atoms with Gasteiger partial charge in [0.05, 0.1) is 4.90 Å². The van der Waals surface area contributed by atoms with E-state index in [0.29, 0.717) is 5.56 Å². The van der Waals surface area contributed by atoms with E-state index in [4.69, 9.17) is 5.14 Å². The fraction of sp³-hybridized carbons (Fsp3) is 0.176. The Morgan fingerprint density at radius 1 is 1.00 bits per heavy atom. The van der Waals surface area contributed by atoms with E-state index in [-0.39, 0.29) is 17.9 Å². The second-order valence-electron chi connectivity index (χ2n) is 5.60. The van der Waals surface area contributed by atoms with Gasteiger partial charge in [0.2, 0.25) is 10.0 Å². The van der Waals surface area contributed by atoms with Crippen LogP contribution < -0.4 is 15.8 Å². The molecule has 0 saturated carbocycles. The Morgan fingerprint density at radius 2 is 1.62 bits per heavy atom. The average Bonchev–Trinajstić information content (AvgIpc) is 2.60. The summed E-state index contributed by atoms with van der Waals surface area (Å²) in [7, 11) is -3.77. The van der Waals surface area contributed by atoms with Crippen LogP contribution in [0.3, 0.4) is 0 Å². The molecule has 0 heterocycles. The maximum atomic E-state index is 11.9. The van der Waals surface area contributed by atoms with Gasteiger partial charge in [-0.3, -0.25) is 0 Å². The second-order valence-corrected chi connectivity index (χ2v) is 7.16. The highest BCUT2D eigenvalue weighted by atomic mass is 32.2. The molecule has 0 fully saturated rings. The molecule has 5 N–H and O–H groups in total. The van der Waals surface area contributed by atoms with Crippen LogP contribution in [0.4, 0.5) is 4.79 Å². The number of nitrogens with two attached hydrogens (primary N) is 1. The lowest BCUT2D eigenvalue weighted by Gasteiger charge is -2.15. The number of carbonyl (C=O) groups is 2. The van der Waals surface area contributed by atoms with Crippen LogP contribution in [0.1, 0.15) is 11.1 Å². The molecule has 0 aliphatic heterocycles. The Balaban J connectivity index is 1.91. The molecular formula is C17H19N3O5S. The SMILES string of the molecule is NS(=O)(=O)c1ccc(CNC(=O)N[C@@H](Cc2ccccc2)C(=O)O)cc1. The van der Waals surface area contributed by atoms with Gasteiger partial charge in [0, 0.05) is 13.0 Å². The lowest BCUT2D eigenvalue weighted by molar-refractivity contribution is -0.139. The number of primary sulfonamides is 1. The first-order valence-electron chi connectivity index (χ1n) is 7.68. The third kappa shape index (κ3) is 5.87. The smallest absolute Gasteiger partial charge is 0.326 e. The molecule has 2 amide bonds. The molecule has 26 heavy (non-hydrogen) atoms. The average molecular weight is 377 g/mol. The molecule has 2 aromatic carbocycles. The Kier molecular flexibility index (Phi) is 6.31. The second kappa shape index (κ2) is 8.45. The minimum Gasteiger partial charge on any atom is -0.480 e. The maximum absolute atomic E-state index is 11.9. The van der Waals surface area contributed by atoms with Crippen LogP contribution in [0.25, 0.3) is 0 Å². The first kappa shape index (κ1) is 19.4. The summed E-state index contributed by atoms with van der Waals surface area (Å²) in [6.07, 6.45) is 0.159. The molecule has 0 aliphatic carbocycles. The molecule has 8 nitrogen and oxygen atoms in total. The summed E-state index contributed by atoms with van der Waals surface area (Å²) in [5.41, 5.74) is 1.43. The van der Waals surface area contributed by atoms with Crippen molar-refractivity contribution in [2.75, 3.05) is 0 Å². The molecule has 0 aromatic heterocycles. The van der Waals surface area contributed by atoms with Crippen molar-refractivity contribution in [2.45, 2.75) is 23.9 Å². The summed E-state index contributed by atoms with van der Waals surface area (Å²) in [6.45, 7) is 0.106. The van der Waals surface area contributed by atoms with Gasteiger partial charge in [-0.15, -0.1) is 0 Å². The van der Waals surface area contributed by atoms with Crippen molar-refractivity contribution in [2.24, 2.45) is 5.14 Å². The van der Waals surface area contributed by atoms with E-state index >= 15 is 0 Å². The van der Waals surface area contributed by atoms with E-state index in [1.165, 1.54) is 24.3 Å². The predicted octanol–water partition coefficient (Wildman–Crippen LogP) is 0.829. The quantitative estimate of drug-likeness (QED) is 0.566. The van der Waals surface area contributed by atoms with Crippen molar-refractivity contribution < 1.29 is 23.1 Å². The van der Waals surface area contributed by atoms with Gasteiger partial charge in [0.15, 0.2) is 0 Å². The van der Waals surface area contributed by atoms with Crippen molar-refractivity contribution in [3.63, 3.8) is 0 Å². The summed E-state index contributed by atoms with van der Waals surface area (Å²) in [6, 6.07) is 13.0. The van der Waals surface area contributed by atoms with E-state index in [0.717, 1.165) is 5.56 Å². The van der Waals surface area contributed by atoms with E-state index in [9.17, 15) is 23.1 Å². The molecule has 1 atom stereocenters. The first-order valence-corrected chi connectivity index (χ1v) is 9.23. The number of rotatable bonds is 7. The summed E-state index contributed by atoms with van der Waals surface area (Å²) >= 11 is 0. The van der Waals surface area contributed by atoms with Crippen molar-refractivity contribution in [3.05, 3.63) is 65.7 Å². The summed E-state index contributed by atoms with van der Waals surface area (Å²) in [5, 5.41) is 19.2. The Labute approximate surface area is 151 Å². The Morgan fingerprint density at radius 3 is 2.15 bits per heavy atom.